The minimum absolute atomic E-state index is 0.0525. The van der Waals surface area contributed by atoms with Crippen molar-refractivity contribution in [2.24, 2.45) is 0 Å². The van der Waals surface area contributed by atoms with Gasteiger partial charge in [-0.2, -0.15) is 13.2 Å². The van der Waals surface area contributed by atoms with Crippen LogP contribution in [0.1, 0.15) is 21.9 Å². The minimum Gasteiger partial charge on any atom is -0.296 e. The summed E-state index contributed by atoms with van der Waals surface area (Å²) in [5, 5.41) is 3.32. The molecule has 0 aliphatic carbocycles. The molecule has 26 heavy (non-hydrogen) atoms. The summed E-state index contributed by atoms with van der Waals surface area (Å²) in [5.74, 6) is -0.654. The Balaban J connectivity index is 1.87. The first-order valence-electron chi connectivity index (χ1n) is 7.17. The molecule has 3 heterocycles. The molecule has 0 bridgehead atoms. The number of hydrogen-bond acceptors (Lipinski definition) is 5. The van der Waals surface area contributed by atoms with Gasteiger partial charge in [0.25, 0.3) is 5.91 Å². The molecular weight excluding hydrogens is 389 g/mol. The Hall–Kier alpha value is -2.52. The summed E-state index contributed by atoms with van der Waals surface area (Å²) in [6.45, 7) is 1.70. The Bertz CT molecular complexity index is 974. The van der Waals surface area contributed by atoms with E-state index in [0.717, 1.165) is 10.9 Å². The van der Waals surface area contributed by atoms with Gasteiger partial charge in [-0.1, -0.05) is 11.6 Å². The molecule has 0 fully saturated rings. The number of anilines is 1. The van der Waals surface area contributed by atoms with Gasteiger partial charge in [0.15, 0.2) is 10.8 Å². The molecule has 0 saturated heterocycles. The summed E-state index contributed by atoms with van der Waals surface area (Å²) in [5.41, 5.74) is 0.981. The fourth-order valence-electron chi connectivity index (χ4n) is 2.16. The van der Waals surface area contributed by atoms with Crippen LogP contribution in [-0.2, 0) is 6.18 Å². The lowest BCUT2D eigenvalue weighted by Crippen LogP contribution is -2.15. The van der Waals surface area contributed by atoms with Crippen molar-refractivity contribution >= 4 is 34.0 Å². The van der Waals surface area contributed by atoms with E-state index in [-0.39, 0.29) is 10.8 Å². The predicted molar refractivity (Wildman–Crippen MR) is 92.3 cm³/mol. The molecule has 3 aromatic rings. The van der Waals surface area contributed by atoms with Crippen LogP contribution in [0.15, 0.2) is 35.8 Å². The maximum atomic E-state index is 12.6. The fourth-order valence-corrected chi connectivity index (χ4v) is 3.04. The van der Waals surface area contributed by atoms with Crippen LogP contribution in [0, 0.1) is 6.92 Å². The summed E-state index contributed by atoms with van der Waals surface area (Å²) in [6.07, 6.45) is -3.03. The molecule has 134 valence electrons. The van der Waals surface area contributed by atoms with Crippen molar-refractivity contribution in [3.8, 4) is 11.1 Å². The number of rotatable bonds is 3. The monoisotopic (exact) mass is 398 g/mol. The van der Waals surface area contributed by atoms with Crippen molar-refractivity contribution in [3.63, 3.8) is 0 Å². The van der Waals surface area contributed by atoms with Crippen molar-refractivity contribution in [1.29, 1.82) is 0 Å². The van der Waals surface area contributed by atoms with Crippen LogP contribution in [0.2, 0.25) is 5.15 Å². The first-order chi connectivity index (χ1) is 12.2. The van der Waals surface area contributed by atoms with Crippen molar-refractivity contribution in [1.82, 2.24) is 15.0 Å². The molecule has 3 rings (SSSR count). The Morgan fingerprint density at radius 3 is 2.62 bits per heavy atom. The Labute approximate surface area is 154 Å². The molecule has 3 aromatic heterocycles. The highest BCUT2D eigenvalue weighted by Gasteiger charge is 2.34. The first-order valence-corrected chi connectivity index (χ1v) is 8.43. The van der Waals surface area contributed by atoms with E-state index in [9.17, 15) is 18.0 Å². The molecule has 5 nitrogen and oxygen atoms in total. The topological polar surface area (TPSA) is 67.8 Å². The van der Waals surface area contributed by atoms with Crippen LogP contribution >= 0.6 is 22.9 Å². The van der Waals surface area contributed by atoms with Gasteiger partial charge in [-0.25, -0.2) is 15.0 Å². The lowest BCUT2D eigenvalue weighted by Gasteiger charge is -2.07. The van der Waals surface area contributed by atoms with Gasteiger partial charge in [0, 0.05) is 17.3 Å². The van der Waals surface area contributed by atoms with Gasteiger partial charge in [-0.3, -0.25) is 10.1 Å². The van der Waals surface area contributed by atoms with E-state index >= 15 is 0 Å². The lowest BCUT2D eigenvalue weighted by atomic mass is 10.1. The molecule has 1 amide bonds. The lowest BCUT2D eigenvalue weighted by molar-refractivity contribution is -0.140. The number of alkyl halides is 3. The zero-order valence-electron chi connectivity index (χ0n) is 13.1. The molecule has 0 spiro atoms. The Kier molecular flexibility index (Phi) is 4.92. The molecule has 0 aromatic carbocycles. The zero-order valence-corrected chi connectivity index (χ0v) is 14.7. The molecule has 0 unspecified atom stereocenters. The van der Waals surface area contributed by atoms with Crippen LogP contribution in [0.25, 0.3) is 11.1 Å². The number of pyridine rings is 2. The van der Waals surface area contributed by atoms with Gasteiger partial charge in [-0.05, 0) is 42.3 Å². The van der Waals surface area contributed by atoms with Crippen molar-refractivity contribution < 1.29 is 18.0 Å². The molecular formula is C16H10ClF3N4OS. The number of hydrogen-bond donors (Lipinski definition) is 1. The number of thiazole rings is 1. The van der Waals surface area contributed by atoms with E-state index < -0.39 is 17.8 Å². The van der Waals surface area contributed by atoms with Gasteiger partial charge in [0.2, 0.25) is 0 Å². The fraction of sp³-hybridized carbons (Fsp3) is 0.125. The van der Waals surface area contributed by atoms with Gasteiger partial charge < -0.3 is 0 Å². The second kappa shape index (κ2) is 7.00. The van der Waals surface area contributed by atoms with Gasteiger partial charge in [0.05, 0.1) is 0 Å². The third kappa shape index (κ3) is 4.17. The second-order valence-corrected chi connectivity index (χ2v) is 6.48. The molecule has 0 aliphatic heterocycles. The highest BCUT2D eigenvalue weighted by atomic mass is 35.5. The molecule has 0 saturated carbocycles. The molecule has 0 atom stereocenters. The maximum Gasteiger partial charge on any atom is 0.434 e. The van der Waals surface area contributed by atoms with E-state index in [4.69, 9.17) is 11.6 Å². The zero-order chi connectivity index (χ0) is 18.9. The number of nitrogens with zero attached hydrogens (tertiary/aromatic N) is 3. The number of halogens is 4. The minimum atomic E-state index is -4.56. The number of carbonyl (C=O) groups excluding carboxylic acids is 1. The molecule has 1 N–H and O–H groups in total. The van der Waals surface area contributed by atoms with Crippen LogP contribution in [-0.4, -0.2) is 20.9 Å². The summed E-state index contributed by atoms with van der Waals surface area (Å²) in [4.78, 5) is 23.7. The van der Waals surface area contributed by atoms with Crippen molar-refractivity contribution in [2.75, 3.05) is 5.32 Å². The molecule has 10 heteroatoms. The summed E-state index contributed by atoms with van der Waals surface area (Å²) in [7, 11) is 0. The predicted octanol–water partition coefficient (Wildman–Crippen LogP) is 4.83. The smallest absolute Gasteiger partial charge is 0.296 e. The third-order valence-electron chi connectivity index (χ3n) is 3.26. The van der Waals surface area contributed by atoms with Crippen molar-refractivity contribution in [3.05, 3.63) is 58.1 Å². The number of carbonyl (C=O) groups is 1. The highest BCUT2D eigenvalue weighted by molar-refractivity contribution is 7.14. The molecule has 0 aliphatic rings. The van der Waals surface area contributed by atoms with Gasteiger partial charge in [0.1, 0.15) is 10.8 Å². The number of amides is 1. The largest absolute Gasteiger partial charge is 0.434 e. The SMILES string of the molecule is Cc1cc(-c2ccnc(Cl)c2)cc(C(=O)Nc2nc(C(F)(F)F)cs2)n1. The summed E-state index contributed by atoms with van der Waals surface area (Å²) < 4.78 is 37.8. The number of nitrogens with one attached hydrogen (secondary N) is 1. The Morgan fingerprint density at radius 2 is 1.96 bits per heavy atom. The normalized spacial score (nSPS) is 11.4. The summed E-state index contributed by atoms with van der Waals surface area (Å²) >= 11 is 6.57. The van der Waals surface area contributed by atoms with Crippen LogP contribution < -0.4 is 5.32 Å². The standard InChI is InChI=1S/C16H10ClF3N4OS/c1-8-4-10(9-2-3-21-13(17)6-9)5-11(22-8)14(25)24-15-23-12(7-26-15)16(18,19)20/h2-7H,1H3,(H,23,24,25). The third-order valence-corrected chi connectivity index (χ3v) is 4.23. The molecule has 0 radical (unpaired) electrons. The van der Waals surface area contributed by atoms with E-state index in [1.54, 1.807) is 25.1 Å². The van der Waals surface area contributed by atoms with E-state index in [2.05, 4.69) is 20.3 Å². The summed E-state index contributed by atoms with van der Waals surface area (Å²) in [6, 6.07) is 6.63. The Morgan fingerprint density at radius 1 is 1.19 bits per heavy atom. The van der Waals surface area contributed by atoms with Crippen LogP contribution in [0.4, 0.5) is 18.3 Å². The van der Waals surface area contributed by atoms with E-state index in [1.165, 1.54) is 12.3 Å². The van der Waals surface area contributed by atoms with Gasteiger partial charge in [-0.15, -0.1) is 11.3 Å². The van der Waals surface area contributed by atoms with E-state index in [0.29, 0.717) is 27.7 Å². The van der Waals surface area contributed by atoms with E-state index in [1.807, 2.05) is 0 Å². The maximum absolute atomic E-state index is 12.6. The number of aryl methyl sites for hydroxylation is 1. The first kappa shape index (κ1) is 18.3. The van der Waals surface area contributed by atoms with Crippen molar-refractivity contribution in [2.45, 2.75) is 13.1 Å². The average Bonchev–Trinajstić information content (AvgIpc) is 3.03. The number of aromatic nitrogens is 3. The van der Waals surface area contributed by atoms with Crippen LogP contribution in [0.5, 0.6) is 0 Å². The quantitative estimate of drug-likeness (QED) is 0.641. The average molecular weight is 399 g/mol. The highest BCUT2D eigenvalue weighted by Crippen LogP contribution is 2.31. The van der Waals surface area contributed by atoms with Crippen LogP contribution in [0.3, 0.4) is 0 Å². The van der Waals surface area contributed by atoms with Gasteiger partial charge >= 0.3 is 6.18 Å². The second-order valence-electron chi connectivity index (χ2n) is 5.24.